The first-order chi connectivity index (χ1) is 17.5. The number of rotatable bonds is 6. The zero-order valence-electron chi connectivity index (χ0n) is 23.0. The number of amides is 1. The van der Waals surface area contributed by atoms with E-state index in [4.69, 9.17) is 32.7 Å². The Morgan fingerprint density at radius 1 is 1.03 bits per heavy atom. The summed E-state index contributed by atoms with van der Waals surface area (Å²) in [4.78, 5) is 40.9. The minimum atomic E-state index is -1.21. The molecule has 1 N–H and O–H groups in total. The molecule has 2 aromatic rings. The topological polar surface area (TPSA) is 84.9 Å². The lowest BCUT2D eigenvalue weighted by Crippen LogP contribution is -2.46. The zero-order valence-corrected chi connectivity index (χ0v) is 24.5. The van der Waals surface area contributed by atoms with Crippen LogP contribution in [0.3, 0.4) is 0 Å². The highest BCUT2D eigenvalue weighted by molar-refractivity contribution is 6.35. The lowest BCUT2D eigenvalue weighted by molar-refractivity contribution is -0.164. The van der Waals surface area contributed by atoms with Crippen molar-refractivity contribution in [3.63, 3.8) is 0 Å². The summed E-state index contributed by atoms with van der Waals surface area (Å²) in [5, 5.41) is 3.85. The normalized spacial score (nSPS) is 16.8. The Bertz CT molecular complexity index is 1220. The van der Waals surface area contributed by atoms with Crippen LogP contribution in [0.1, 0.15) is 80.9 Å². The quantitative estimate of drug-likeness (QED) is 0.451. The van der Waals surface area contributed by atoms with Crippen LogP contribution in [0.5, 0.6) is 0 Å². The van der Waals surface area contributed by atoms with Gasteiger partial charge in [-0.05, 0) is 89.5 Å². The maximum absolute atomic E-state index is 13.3. The number of ether oxygens (including phenoxy) is 2. The molecule has 0 radical (unpaired) electrons. The van der Waals surface area contributed by atoms with E-state index in [2.05, 4.69) is 10.2 Å². The van der Waals surface area contributed by atoms with Crippen molar-refractivity contribution < 1.29 is 23.9 Å². The smallest absolute Gasteiger partial charge is 0.329 e. The second-order valence-electron chi connectivity index (χ2n) is 11.7. The average molecular weight is 564 g/mol. The second kappa shape index (κ2) is 11.6. The van der Waals surface area contributed by atoms with Crippen LogP contribution in [-0.2, 0) is 25.6 Å². The van der Waals surface area contributed by atoms with Crippen molar-refractivity contribution >= 4 is 41.0 Å². The average Bonchev–Trinajstić information content (AvgIpc) is 2.76. The van der Waals surface area contributed by atoms with Gasteiger partial charge in [-0.25, -0.2) is 4.79 Å². The predicted molar refractivity (Wildman–Crippen MR) is 149 cm³/mol. The molecule has 3 rings (SSSR count). The van der Waals surface area contributed by atoms with E-state index in [1.165, 1.54) is 0 Å². The first-order valence-corrected chi connectivity index (χ1v) is 13.3. The van der Waals surface area contributed by atoms with Gasteiger partial charge in [0.15, 0.2) is 0 Å². The van der Waals surface area contributed by atoms with E-state index in [0.717, 1.165) is 16.7 Å². The number of esters is 2. The first-order valence-electron chi connectivity index (χ1n) is 12.5. The first kappa shape index (κ1) is 29.9. The highest BCUT2D eigenvalue weighted by atomic mass is 35.5. The Balaban J connectivity index is 1.88. The molecule has 1 aliphatic rings. The fourth-order valence-electron chi connectivity index (χ4n) is 4.38. The van der Waals surface area contributed by atoms with E-state index in [0.29, 0.717) is 28.7 Å². The Morgan fingerprint density at radius 3 is 2.32 bits per heavy atom. The number of halogens is 2. The molecule has 38 heavy (non-hydrogen) atoms. The summed E-state index contributed by atoms with van der Waals surface area (Å²) in [6.07, 6.45) is -0.352. The van der Waals surface area contributed by atoms with Crippen molar-refractivity contribution in [2.24, 2.45) is 0 Å². The van der Waals surface area contributed by atoms with Gasteiger partial charge in [-0.15, -0.1) is 0 Å². The van der Waals surface area contributed by atoms with Gasteiger partial charge in [-0.1, -0.05) is 35.3 Å². The standard InChI is InChI=1S/C29H36Cl2N2O5/c1-28(2,3)37-25(34)14-24(27(36)38-29(4,5)6)32-26(35)18-10-8-9-17(11-18)21-15-33(7)16-22-20(21)12-19(30)13-23(22)31/h8-13,21,24H,14-16H2,1-7H3,(H,32,35). The van der Waals surface area contributed by atoms with Gasteiger partial charge in [-0.3, -0.25) is 9.59 Å². The molecule has 0 saturated heterocycles. The number of nitrogens with one attached hydrogen (secondary N) is 1. The van der Waals surface area contributed by atoms with Crippen molar-refractivity contribution in [3.05, 3.63) is 68.7 Å². The fourth-order valence-corrected chi connectivity index (χ4v) is 4.95. The van der Waals surface area contributed by atoms with Crippen molar-refractivity contribution in [2.45, 2.75) is 77.7 Å². The summed E-state index contributed by atoms with van der Waals surface area (Å²) in [6.45, 7) is 11.8. The van der Waals surface area contributed by atoms with Crippen LogP contribution >= 0.6 is 23.2 Å². The summed E-state index contributed by atoms with van der Waals surface area (Å²) in [6, 6.07) is 9.65. The van der Waals surface area contributed by atoms with E-state index >= 15 is 0 Å². The predicted octanol–water partition coefficient (Wildman–Crippen LogP) is 5.74. The molecule has 0 bridgehead atoms. The highest BCUT2D eigenvalue weighted by Crippen LogP contribution is 2.38. The zero-order chi connectivity index (χ0) is 28.4. The van der Waals surface area contributed by atoms with E-state index in [1.54, 1.807) is 65.8 Å². The number of hydrogen-bond acceptors (Lipinski definition) is 6. The molecule has 7 nitrogen and oxygen atoms in total. The number of hydrogen-bond donors (Lipinski definition) is 1. The van der Waals surface area contributed by atoms with Gasteiger partial charge in [0, 0.05) is 34.6 Å². The lowest BCUT2D eigenvalue weighted by Gasteiger charge is -2.33. The van der Waals surface area contributed by atoms with Gasteiger partial charge in [0.1, 0.15) is 17.2 Å². The van der Waals surface area contributed by atoms with Crippen molar-refractivity contribution in [1.29, 1.82) is 0 Å². The highest BCUT2D eigenvalue weighted by Gasteiger charge is 2.32. The number of nitrogens with zero attached hydrogens (tertiary/aromatic N) is 1. The van der Waals surface area contributed by atoms with Crippen LogP contribution in [0.25, 0.3) is 0 Å². The number of fused-ring (bicyclic) bond motifs is 1. The molecule has 9 heteroatoms. The summed E-state index contributed by atoms with van der Waals surface area (Å²) < 4.78 is 10.8. The molecular weight excluding hydrogens is 527 g/mol. The van der Waals surface area contributed by atoms with Crippen LogP contribution in [-0.4, -0.2) is 53.6 Å². The molecule has 1 aliphatic heterocycles. The molecule has 206 valence electrons. The molecular formula is C29H36Cl2N2O5. The van der Waals surface area contributed by atoms with Gasteiger partial charge in [0.25, 0.3) is 5.91 Å². The van der Waals surface area contributed by atoms with Gasteiger partial charge < -0.3 is 19.7 Å². The summed E-state index contributed by atoms with van der Waals surface area (Å²) in [5.41, 5.74) is 1.76. The number of carbonyl (C=O) groups is 3. The number of carbonyl (C=O) groups excluding carboxylic acids is 3. The van der Waals surface area contributed by atoms with Crippen LogP contribution < -0.4 is 5.32 Å². The van der Waals surface area contributed by atoms with E-state index in [1.807, 2.05) is 19.2 Å². The Hall–Kier alpha value is -2.61. The third kappa shape index (κ3) is 8.19. The largest absolute Gasteiger partial charge is 0.460 e. The number of benzene rings is 2. The van der Waals surface area contributed by atoms with E-state index < -0.39 is 35.1 Å². The molecule has 1 heterocycles. The summed E-state index contributed by atoms with van der Waals surface area (Å²) in [7, 11) is 2.01. The third-order valence-corrected chi connectivity index (χ3v) is 6.39. The van der Waals surface area contributed by atoms with Gasteiger partial charge in [-0.2, -0.15) is 0 Å². The van der Waals surface area contributed by atoms with Crippen LogP contribution in [0.15, 0.2) is 36.4 Å². The molecule has 0 saturated carbocycles. The second-order valence-corrected chi connectivity index (χ2v) is 12.5. The minimum absolute atomic E-state index is 0.0592. The molecule has 2 unspecified atom stereocenters. The third-order valence-electron chi connectivity index (χ3n) is 5.83. The maximum Gasteiger partial charge on any atom is 0.329 e. The van der Waals surface area contributed by atoms with Crippen LogP contribution in [0, 0.1) is 0 Å². The fraction of sp³-hybridized carbons (Fsp3) is 0.483. The van der Waals surface area contributed by atoms with Crippen LogP contribution in [0.4, 0.5) is 0 Å². The summed E-state index contributed by atoms with van der Waals surface area (Å²) in [5.74, 6) is -1.88. The minimum Gasteiger partial charge on any atom is -0.460 e. The molecule has 2 atom stereocenters. The van der Waals surface area contributed by atoms with Crippen molar-refractivity contribution in [1.82, 2.24) is 10.2 Å². The molecule has 1 amide bonds. The molecule has 0 spiro atoms. The number of likely N-dealkylation sites (N-methyl/N-ethyl adjacent to an activating group) is 1. The van der Waals surface area contributed by atoms with E-state index in [9.17, 15) is 14.4 Å². The SMILES string of the molecule is CN1Cc2c(Cl)cc(Cl)cc2C(c2cccc(C(=O)NC(CC(=O)OC(C)(C)C)C(=O)OC(C)(C)C)c2)C1. The van der Waals surface area contributed by atoms with Gasteiger partial charge in [0.05, 0.1) is 6.42 Å². The Kier molecular flexibility index (Phi) is 9.17. The van der Waals surface area contributed by atoms with Crippen molar-refractivity contribution in [3.8, 4) is 0 Å². The Morgan fingerprint density at radius 2 is 1.68 bits per heavy atom. The molecule has 0 aromatic heterocycles. The molecule has 2 aromatic carbocycles. The van der Waals surface area contributed by atoms with Crippen molar-refractivity contribution in [2.75, 3.05) is 13.6 Å². The van der Waals surface area contributed by atoms with Gasteiger partial charge in [0.2, 0.25) is 0 Å². The molecule has 0 aliphatic carbocycles. The van der Waals surface area contributed by atoms with Gasteiger partial charge >= 0.3 is 11.9 Å². The molecule has 0 fully saturated rings. The lowest BCUT2D eigenvalue weighted by atomic mass is 9.84. The monoisotopic (exact) mass is 562 g/mol. The maximum atomic E-state index is 13.3. The van der Waals surface area contributed by atoms with Crippen LogP contribution in [0.2, 0.25) is 10.0 Å². The summed E-state index contributed by atoms with van der Waals surface area (Å²) >= 11 is 12.8. The Labute approximate surface area is 234 Å². The van der Waals surface area contributed by atoms with E-state index in [-0.39, 0.29) is 12.3 Å².